The van der Waals surface area contributed by atoms with Gasteiger partial charge in [-0.1, -0.05) is 30.3 Å². The zero-order chi connectivity index (χ0) is 21.9. The number of thiocarbonyl (C=S) groups is 1. The lowest BCUT2D eigenvalue weighted by Gasteiger charge is -2.08. The third-order valence-electron chi connectivity index (χ3n) is 4.02. The summed E-state index contributed by atoms with van der Waals surface area (Å²) in [4.78, 5) is 12.1. The summed E-state index contributed by atoms with van der Waals surface area (Å²) in [7, 11) is 0. The highest BCUT2D eigenvalue weighted by Gasteiger charge is 2.02. The number of benzene rings is 3. The zero-order valence-corrected chi connectivity index (χ0v) is 17.8. The highest BCUT2D eigenvalue weighted by molar-refractivity contribution is 7.80. The van der Waals surface area contributed by atoms with Crippen LogP contribution in [-0.4, -0.2) is 17.6 Å². The molecule has 0 saturated carbocycles. The maximum atomic E-state index is 12.1. The molecule has 1 amide bonds. The SMILES string of the molecule is CCOc1ccc(C=CC(=O)NC(=S)Nc2ccc(N=Nc3ccccc3)cc2)cc1. The molecule has 0 bridgehead atoms. The maximum absolute atomic E-state index is 12.1. The van der Waals surface area contributed by atoms with Crippen molar-refractivity contribution in [1.82, 2.24) is 5.32 Å². The number of hydrogen-bond acceptors (Lipinski definition) is 5. The van der Waals surface area contributed by atoms with Gasteiger partial charge in [0.15, 0.2) is 5.11 Å². The monoisotopic (exact) mass is 430 g/mol. The molecule has 31 heavy (non-hydrogen) atoms. The molecule has 6 nitrogen and oxygen atoms in total. The Labute approximate surface area is 186 Å². The van der Waals surface area contributed by atoms with E-state index in [1.165, 1.54) is 6.08 Å². The standard InChI is InChI=1S/C24H22N4O2S/c1-2-30-22-15-8-18(9-16-22)10-17-23(29)26-24(31)25-19-11-13-21(14-12-19)28-27-20-6-4-3-5-7-20/h3-17H,2H2,1H3,(H2,25,26,29,31). The zero-order valence-electron chi connectivity index (χ0n) is 17.0. The van der Waals surface area contributed by atoms with Crippen molar-refractivity contribution in [2.45, 2.75) is 6.92 Å². The molecule has 0 atom stereocenters. The van der Waals surface area contributed by atoms with Crippen molar-refractivity contribution < 1.29 is 9.53 Å². The molecule has 156 valence electrons. The average Bonchev–Trinajstić information content (AvgIpc) is 2.79. The molecular weight excluding hydrogens is 408 g/mol. The van der Waals surface area contributed by atoms with E-state index in [1.807, 2.05) is 85.8 Å². The predicted octanol–water partition coefficient (Wildman–Crippen LogP) is 6.03. The second-order valence-electron chi connectivity index (χ2n) is 6.36. The Hall–Kier alpha value is -3.84. The summed E-state index contributed by atoms with van der Waals surface area (Å²) < 4.78 is 5.40. The fourth-order valence-corrected chi connectivity index (χ4v) is 2.77. The lowest BCUT2D eigenvalue weighted by Crippen LogP contribution is -2.32. The number of carbonyl (C=O) groups excluding carboxylic acids is 1. The first-order chi connectivity index (χ1) is 15.1. The fraction of sp³-hybridized carbons (Fsp3) is 0.0833. The number of carbonyl (C=O) groups is 1. The maximum Gasteiger partial charge on any atom is 0.250 e. The Morgan fingerprint density at radius 1 is 0.935 bits per heavy atom. The van der Waals surface area contributed by atoms with Crippen LogP contribution >= 0.6 is 12.2 Å². The van der Waals surface area contributed by atoms with Crippen LogP contribution in [0.3, 0.4) is 0 Å². The number of hydrogen-bond donors (Lipinski definition) is 2. The molecule has 7 heteroatoms. The van der Waals surface area contributed by atoms with E-state index in [0.717, 1.165) is 22.7 Å². The van der Waals surface area contributed by atoms with Crippen molar-refractivity contribution in [3.63, 3.8) is 0 Å². The van der Waals surface area contributed by atoms with Gasteiger partial charge in [0, 0.05) is 11.8 Å². The summed E-state index contributed by atoms with van der Waals surface area (Å²) in [5, 5.41) is 14.2. The molecule has 0 aliphatic heterocycles. The smallest absolute Gasteiger partial charge is 0.250 e. The molecule has 2 N–H and O–H groups in total. The van der Waals surface area contributed by atoms with Crippen molar-refractivity contribution in [3.8, 4) is 5.75 Å². The van der Waals surface area contributed by atoms with E-state index in [1.54, 1.807) is 6.08 Å². The fourth-order valence-electron chi connectivity index (χ4n) is 2.55. The van der Waals surface area contributed by atoms with Crippen molar-refractivity contribution in [2.24, 2.45) is 10.2 Å². The van der Waals surface area contributed by atoms with E-state index in [0.29, 0.717) is 12.3 Å². The molecule has 3 rings (SSSR count). The Kier molecular flexibility index (Phi) is 8.02. The molecule has 0 aliphatic rings. The Morgan fingerprint density at radius 2 is 1.58 bits per heavy atom. The summed E-state index contributed by atoms with van der Waals surface area (Å²) in [6.45, 7) is 2.54. The van der Waals surface area contributed by atoms with E-state index in [9.17, 15) is 4.79 Å². The lowest BCUT2D eigenvalue weighted by molar-refractivity contribution is -0.115. The Morgan fingerprint density at radius 3 is 2.23 bits per heavy atom. The van der Waals surface area contributed by atoms with Gasteiger partial charge >= 0.3 is 0 Å². The van der Waals surface area contributed by atoms with Gasteiger partial charge in [-0.2, -0.15) is 10.2 Å². The van der Waals surface area contributed by atoms with Gasteiger partial charge in [0.2, 0.25) is 5.91 Å². The van der Waals surface area contributed by atoms with Crippen LogP contribution in [0.15, 0.2) is 95.2 Å². The number of ether oxygens (including phenoxy) is 1. The minimum atomic E-state index is -0.320. The molecule has 0 aromatic heterocycles. The quantitative estimate of drug-likeness (QED) is 0.273. The molecule has 3 aromatic carbocycles. The Balaban J connectivity index is 1.48. The second-order valence-corrected chi connectivity index (χ2v) is 6.77. The van der Waals surface area contributed by atoms with E-state index >= 15 is 0 Å². The van der Waals surface area contributed by atoms with Gasteiger partial charge < -0.3 is 10.1 Å². The number of rotatable bonds is 7. The van der Waals surface area contributed by atoms with E-state index in [-0.39, 0.29) is 11.0 Å². The molecule has 3 aromatic rings. The normalized spacial score (nSPS) is 10.9. The third kappa shape index (κ3) is 7.49. The van der Waals surface area contributed by atoms with Gasteiger partial charge in [-0.3, -0.25) is 10.1 Å². The van der Waals surface area contributed by atoms with Crippen molar-refractivity contribution >= 4 is 46.4 Å². The second kappa shape index (κ2) is 11.4. The van der Waals surface area contributed by atoms with Crippen LogP contribution in [0.4, 0.5) is 17.1 Å². The van der Waals surface area contributed by atoms with E-state index < -0.39 is 0 Å². The first-order valence-corrected chi connectivity index (χ1v) is 10.1. The molecule has 0 radical (unpaired) electrons. The van der Waals surface area contributed by atoms with Crippen LogP contribution in [0.1, 0.15) is 12.5 Å². The summed E-state index contributed by atoms with van der Waals surface area (Å²) in [6, 6.07) is 24.2. The van der Waals surface area contributed by atoms with Crippen LogP contribution in [0.2, 0.25) is 0 Å². The first kappa shape index (κ1) is 21.9. The summed E-state index contributed by atoms with van der Waals surface area (Å²) >= 11 is 5.20. The van der Waals surface area contributed by atoms with Gasteiger partial charge in [-0.05, 0) is 79.3 Å². The summed E-state index contributed by atoms with van der Waals surface area (Å²) in [5.74, 6) is 0.474. The average molecular weight is 431 g/mol. The predicted molar refractivity (Wildman–Crippen MR) is 128 cm³/mol. The van der Waals surface area contributed by atoms with Gasteiger partial charge in [-0.25, -0.2) is 0 Å². The van der Waals surface area contributed by atoms with Crippen LogP contribution < -0.4 is 15.4 Å². The molecule has 0 fully saturated rings. The Bertz CT molecular complexity index is 1060. The van der Waals surface area contributed by atoms with E-state index in [4.69, 9.17) is 17.0 Å². The van der Waals surface area contributed by atoms with Gasteiger partial charge in [0.25, 0.3) is 0 Å². The third-order valence-corrected chi connectivity index (χ3v) is 4.22. The number of nitrogens with one attached hydrogen (secondary N) is 2. The lowest BCUT2D eigenvalue weighted by atomic mass is 10.2. The van der Waals surface area contributed by atoms with Crippen LogP contribution in [0, 0.1) is 0 Å². The molecule has 0 heterocycles. The van der Waals surface area contributed by atoms with E-state index in [2.05, 4.69) is 20.9 Å². The van der Waals surface area contributed by atoms with Crippen molar-refractivity contribution in [3.05, 3.63) is 90.5 Å². The summed E-state index contributed by atoms with van der Waals surface area (Å²) in [6.07, 6.45) is 3.14. The topological polar surface area (TPSA) is 75.1 Å². The minimum Gasteiger partial charge on any atom is -0.494 e. The molecule has 0 spiro atoms. The molecular formula is C24H22N4O2S. The van der Waals surface area contributed by atoms with Crippen LogP contribution in [0.5, 0.6) is 5.75 Å². The minimum absolute atomic E-state index is 0.208. The van der Waals surface area contributed by atoms with Crippen LogP contribution in [0.25, 0.3) is 6.08 Å². The first-order valence-electron chi connectivity index (χ1n) is 9.72. The van der Waals surface area contributed by atoms with Crippen molar-refractivity contribution in [1.29, 1.82) is 0 Å². The van der Waals surface area contributed by atoms with Gasteiger partial charge in [-0.15, -0.1) is 0 Å². The number of anilines is 1. The largest absolute Gasteiger partial charge is 0.494 e. The highest BCUT2D eigenvalue weighted by atomic mass is 32.1. The summed E-state index contributed by atoms with van der Waals surface area (Å²) in [5.41, 5.74) is 3.12. The van der Waals surface area contributed by atoms with Gasteiger partial charge in [0.05, 0.1) is 18.0 Å². The number of amides is 1. The van der Waals surface area contributed by atoms with Crippen LogP contribution in [-0.2, 0) is 4.79 Å². The highest BCUT2D eigenvalue weighted by Crippen LogP contribution is 2.20. The molecule has 0 unspecified atom stereocenters. The molecule has 0 saturated heterocycles. The number of azo groups is 1. The number of nitrogens with zero attached hydrogens (tertiary/aromatic N) is 2. The van der Waals surface area contributed by atoms with Crippen molar-refractivity contribution in [2.75, 3.05) is 11.9 Å². The molecule has 0 aliphatic carbocycles. The van der Waals surface area contributed by atoms with Gasteiger partial charge in [0.1, 0.15) is 5.75 Å².